The molecule has 4 nitrogen and oxygen atoms in total. The predicted molar refractivity (Wildman–Crippen MR) is 168 cm³/mol. The summed E-state index contributed by atoms with van der Waals surface area (Å²) < 4.78 is 19.9. The van der Waals surface area contributed by atoms with Gasteiger partial charge in [-0.15, -0.1) is 0 Å². The first-order valence-electron chi connectivity index (χ1n) is 14.3. The zero-order chi connectivity index (χ0) is 29.0. The van der Waals surface area contributed by atoms with Crippen LogP contribution in [0, 0.1) is 17.2 Å². The van der Waals surface area contributed by atoms with E-state index in [0.717, 1.165) is 11.1 Å². The van der Waals surface area contributed by atoms with Crippen molar-refractivity contribution in [3.63, 3.8) is 0 Å². The Bertz CT molecular complexity index is 1300. The number of benzene rings is 4. The van der Waals surface area contributed by atoms with Gasteiger partial charge in [-0.25, -0.2) is 0 Å². The molecule has 0 saturated carbocycles. The van der Waals surface area contributed by atoms with E-state index in [-0.39, 0.29) is 17.1 Å². The Kier molecular flexibility index (Phi) is 11.1. The van der Waals surface area contributed by atoms with Crippen molar-refractivity contribution < 1.29 is 13.9 Å². The zero-order valence-electron chi connectivity index (χ0n) is 24.4. The second kappa shape index (κ2) is 14.9. The van der Waals surface area contributed by atoms with Crippen molar-refractivity contribution in [1.82, 2.24) is 0 Å². The standard InChI is InChI=1S/C36H41NO3Si/c1-36(2,3)41(33-20-12-6-13-21-33,34-22-14-7-15-23-34)40-28-32(24-25-37)35(39-27-31-18-10-5-11-19-31)29-38-26-30-16-8-4-9-17-30/h4-23,32,35H,24,26-29H2,1-3H3/t32-,35+/m0/s1. The summed E-state index contributed by atoms with van der Waals surface area (Å²) in [6.07, 6.45) is 0.00333. The van der Waals surface area contributed by atoms with Gasteiger partial charge in [-0.1, -0.05) is 142 Å². The van der Waals surface area contributed by atoms with Gasteiger partial charge >= 0.3 is 0 Å². The minimum Gasteiger partial charge on any atom is -0.407 e. The van der Waals surface area contributed by atoms with Crippen LogP contribution in [0.2, 0.25) is 5.04 Å². The lowest BCUT2D eigenvalue weighted by molar-refractivity contribution is -0.0664. The lowest BCUT2D eigenvalue weighted by Crippen LogP contribution is -2.67. The van der Waals surface area contributed by atoms with Crippen molar-refractivity contribution in [3.05, 3.63) is 132 Å². The quantitative estimate of drug-likeness (QED) is 0.157. The Morgan fingerprint density at radius 3 is 1.59 bits per heavy atom. The van der Waals surface area contributed by atoms with Gasteiger partial charge < -0.3 is 13.9 Å². The van der Waals surface area contributed by atoms with Crippen LogP contribution >= 0.6 is 0 Å². The van der Waals surface area contributed by atoms with E-state index in [9.17, 15) is 5.26 Å². The van der Waals surface area contributed by atoms with Crippen LogP contribution in [0.3, 0.4) is 0 Å². The van der Waals surface area contributed by atoms with Crippen LogP contribution in [-0.2, 0) is 27.1 Å². The molecule has 0 bridgehead atoms. The molecule has 0 aromatic heterocycles. The summed E-state index contributed by atoms with van der Waals surface area (Å²) in [7, 11) is -2.76. The number of nitriles is 1. The molecule has 0 N–H and O–H groups in total. The van der Waals surface area contributed by atoms with Crippen molar-refractivity contribution in [2.24, 2.45) is 5.92 Å². The molecule has 0 amide bonds. The van der Waals surface area contributed by atoms with Crippen LogP contribution in [0.25, 0.3) is 0 Å². The lowest BCUT2D eigenvalue weighted by Gasteiger charge is -2.44. The van der Waals surface area contributed by atoms with Gasteiger partial charge in [-0.2, -0.15) is 5.26 Å². The van der Waals surface area contributed by atoms with E-state index >= 15 is 0 Å². The van der Waals surface area contributed by atoms with Crippen LogP contribution in [0.5, 0.6) is 0 Å². The van der Waals surface area contributed by atoms with Crippen molar-refractivity contribution in [1.29, 1.82) is 5.26 Å². The summed E-state index contributed by atoms with van der Waals surface area (Å²) in [5.41, 5.74) is 2.19. The molecule has 5 heteroatoms. The molecule has 2 atom stereocenters. The Balaban J connectivity index is 1.62. The first kappa shape index (κ1) is 30.4. The fourth-order valence-electron chi connectivity index (χ4n) is 5.37. The van der Waals surface area contributed by atoms with E-state index in [1.54, 1.807) is 0 Å². The van der Waals surface area contributed by atoms with Crippen LogP contribution in [-0.4, -0.2) is 27.6 Å². The first-order valence-corrected chi connectivity index (χ1v) is 16.2. The molecule has 0 radical (unpaired) electrons. The lowest BCUT2D eigenvalue weighted by atomic mass is 10.0. The second-order valence-electron chi connectivity index (χ2n) is 11.4. The second-order valence-corrected chi connectivity index (χ2v) is 15.7. The SMILES string of the molecule is CC(C)(C)[Si](OC[C@H](CC#N)[C@@H](COCc1ccccc1)OCc1ccccc1)(c1ccccc1)c1ccccc1. The Morgan fingerprint density at radius 2 is 1.12 bits per heavy atom. The Labute approximate surface area is 246 Å². The highest BCUT2D eigenvalue weighted by Crippen LogP contribution is 2.37. The third-order valence-electron chi connectivity index (χ3n) is 7.51. The number of hydrogen-bond donors (Lipinski definition) is 0. The highest BCUT2D eigenvalue weighted by molar-refractivity contribution is 6.99. The summed E-state index contributed by atoms with van der Waals surface area (Å²) in [4.78, 5) is 0. The molecule has 0 fully saturated rings. The van der Waals surface area contributed by atoms with Gasteiger partial charge in [-0.3, -0.25) is 0 Å². The Morgan fingerprint density at radius 1 is 0.659 bits per heavy atom. The predicted octanol–water partition coefficient (Wildman–Crippen LogP) is 6.90. The molecule has 0 aliphatic carbocycles. The maximum absolute atomic E-state index is 9.91. The van der Waals surface area contributed by atoms with Gasteiger partial charge in [0.2, 0.25) is 0 Å². The summed E-state index contributed by atoms with van der Waals surface area (Å²) in [6.45, 7) is 8.51. The van der Waals surface area contributed by atoms with Crippen LogP contribution < -0.4 is 10.4 Å². The van der Waals surface area contributed by atoms with E-state index in [1.165, 1.54) is 10.4 Å². The zero-order valence-corrected chi connectivity index (χ0v) is 25.4. The van der Waals surface area contributed by atoms with E-state index in [0.29, 0.717) is 32.8 Å². The summed E-state index contributed by atoms with van der Waals surface area (Å²) in [5.74, 6) is -0.166. The van der Waals surface area contributed by atoms with E-state index in [1.807, 2.05) is 48.5 Å². The van der Waals surface area contributed by atoms with Gasteiger partial charge in [0.1, 0.15) is 0 Å². The normalized spacial score (nSPS) is 13.3. The molecular formula is C36H41NO3Si. The monoisotopic (exact) mass is 563 g/mol. The fourth-order valence-corrected chi connectivity index (χ4v) is 9.99. The summed E-state index contributed by atoms with van der Waals surface area (Å²) in [5, 5.41) is 12.2. The van der Waals surface area contributed by atoms with E-state index in [2.05, 4.69) is 99.6 Å². The molecule has 0 saturated heterocycles. The van der Waals surface area contributed by atoms with E-state index < -0.39 is 8.32 Å². The molecule has 41 heavy (non-hydrogen) atoms. The highest BCUT2D eigenvalue weighted by Gasteiger charge is 2.50. The molecule has 0 aliphatic heterocycles. The average molecular weight is 564 g/mol. The minimum absolute atomic E-state index is 0.156. The van der Waals surface area contributed by atoms with Gasteiger partial charge in [-0.05, 0) is 26.5 Å². The molecule has 212 valence electrons. The summed E-state index contributed by atoms with van der Waals surface area (Å²) >= 11 is 0. The number of rotatable bonds is 14. The molecular weight excluding hydrogens is 522 g/mol. The maximum atomic E-state index is 9.91. The first-order chi connectivity index (χ1) is 19.9. The smallest absolute Gasteiger partial charge is 0.261 e. The molecule has 4 rings (SSSR count). The van der Waals surface area contributed by atoms with Gasteiger partial charge in [0, 0.05) is 18.9 Å². The number of ether oxygens (including phenoxy) is 2. The van der Waals surface area contributed by atoms with Gasteiger partial charge in [0.05, 0.1) is 32.0 Å². The number of nitrogens with zero attached hydrogens (tertiary/aromatic N) is 1. The van der Waals surface area contributed by atoms with Crippen LogP contribution in [0.15, 0.2) is 121 Å². The van der Waals surface area contributed by atoms with E-state index in [4.69, 9.17) is 13.9 Å². The molecule has 4 aromatic carbocycles. The maximum Gasteiger partial charge on any atom is 0.261 e. The van der Waals surface area contributed by atoms with Gasteiger partial charge in [0.25, 0.3) is 8.32 Å². The fraction of sp³-hybridized carbons (Fsp3) is 0.306. The van der Waals surface area contributed by atoms with Crippen molar-refractivity contribution in [2.45, 2.75) is 51.5 Å². The van der Waals surface area contributed by atoms with Crippen molar-refractivity contribution in [2.75, 3.05) is 13.2 Å². The van der Waals surface area contributed by atoms with Crippen LogP contribution in [0.1, 0.15) is 38.3 Å². The van der Waals surface area contributed by atoms with Crippen molar-refractivity contribution >= 4 is 18.7 Å². The minimum atomic E-state index is -2.76. The summed E-state index contributed by atoms with van der Waals surface area (Å²) in [6, 6.07) is 43.9. The average Bonchev–Trinajstić information content (AvgIpc) is 3.00. The Hall–Kier alpha value is -3.53. The molecule has 4 aromatic rings. The third kappa shape index (κ3) is 8.03. The molecule has 0 heterocycles. The third-order valence-corrected chi connectivity index (χ3v) is 12.5. The number of hydrogen-bond acceptors (Lipinski definition) is 4. The highest BCUT2D eigenvalue weighted by atomic mass is 28.4. The van der Waals surface area contributed by atoms with Crippen molar-refractivity contribution in [3.8, 4) is 6.07 Å². The molecule has 0 spiro atoms. The topological polar surface area (TPSA) is 51.5 Å². The van der Waals surface area contributed by atoms with Gasteiger partial charge in [0.15, 0.2) is 0 Å². The van der Waals surface area contributed by atoms with Crippen LogP contribution in [0.4, 0.5) is 0 Å². The largest absolute Gasteiger partial charge is 0.407 e. The molecule has 0 unspecified atom stereocenters. The molecule has 0 aliphatic rings.